The number of hydrogen-bond donors (Lipinski definition) is 1. The maximum absolute atomic E-state index is 12.9. The van der Waals surface area contributed by atoms with E-state index in [0.717, 1.165) is 16.7 Å². The van der Waals surface area contributed by atoms with Crippen molar-refractivity contribution in [1.82, 2.24) is 9.78 Å². The van der Waals surface area contributed by atoms with Crippen molar-refractivity contribution in [3.63, 3.8) is 0 Å². The lowest BCUT2D eigenvalue weighted by Gasteiger charge is -2.14. The van der Waals surface area contributed by atoms with Gasteiger partial charge in [0, 0.05) is 5.56 Å². The van der Waals surface area contributed by atoms with E-state index in [1.54, 1.807) is 30.7 Å². The second-order valence-corrected chi connectivity index (χ2v) is 8.36. The summed E-state index contributed by atoms with van der Waals surface area (Å²) in [7, 11) is 0. The highest BCUT2D eigenvalue weighted by molar-refractivity contribution is 6.05. The van der Waals surface area contributed by atoms with E-state index >= 15 is 0 Å². The molecule has 35 heavy (non-hydrogen) atoms. The molecular weight excluding hydrogens is 444 g/mol. The van der Waals surface area contributed by atoms with Crippen molar-refractivity contribution in [3.05, 3.63) is 117 Å². The standard InChI is InChI=1S/C27H26N4O4/c1-18-9-14-24(25(15-18)35-17-22-7-5-4-6-8-22)28-27(32)23-12-10-21(11-13-23)16-30-20(3)26(31(33)34)19(2)29-30/h4-15H,16-17H2,1-3H3,(H,28,32). The molecule has 0 aliphatic rings. The molecule has 4 aromatic rings. The number of amides is 1. The van der Waals surface area contributed by atoms with Gasteiger partial charge in [0.25, 0.3) is 5.91 Å². The lowest BCUT2D eigenvalue weighted by molar-refractivity contribution is -0.386. The maximum Gasteiger partial charge on any atom is 0.312 e. The Morgan fingerprint density at radius 1 is 1.00 bits per heavy atom. The van der Waals surface area contributed by atoms with Crippen LogP contribution in [-0.2, 0) is 13.2 Å². The van der Waals surface area contributed by atoms with Crippen LogP contribution in [-0.4, -0.2) is 20.6 Å². The molecule has 0 spiro atoms. The molecule has 8 heteroatoms. The number of carbonyl (C=O) groups excluding carboxylic acids is 1. The molecule has 0 radical (unpaired) electrons. The Hall–Kier alpha value is -4.46. The molecule has 0 saturated carbocycles. The molecule has 0 atom stereocenters. The minimum Gasteiger partial charge on any atom is -0.487 e. The van der Waals surface area contributed by atoms with E-state index in [2.05, 4.69) is 10.4 Å². The van der Waals surface area contributed by atoms with Crippen LogP contribution in [0.25, 0.3) is 0 Å². The van der Waals surface area contributed by atoms with Crippen LogP contribution in [0.4, 0.5) is 11.4 Å². The number of benzene rings is 3. The third-order valence-electron chi connectivity index (χ3n) is 5.70. The molecule has 0 saturated heterocycles. The molecule has 1 N–H and O–H groups in total. The molecule has 0 fully saturated rings. The fourth-order valence-corrected chi connectivity index (χ4v) is 3.82. The van der Waals surface area contributed by atoms with Gasteiger partial charge in [-0.25, -0.2) is 0 Å². The number of anilines is 1. The molecule has 178 valence electrons. The largest absolute Gasteiger partial charge is 0.487 e. The van der Waals surface area contributed by atoms with Gasteiger partial charge in [-0.2, -0.15) is 5.10 Å². The van der Waals surface area contributed by atoms with Crippen molar-refractivity contribution in [2.75, 3.05) is 5.32 Å². The van der Waals surface area contributed by atoms with E-state index in [0.29, 0.717) is 41.5 Å². The molecule has 1 heterocycles. The van der Waals surface area contributed by atoms with Crippen molar-refractivity contribution in [3.8, 4) is 5.75 Å². The quantitative estimate of drug-likeness (QED) is 0.267. The molecule has 1 aromatic heterocycles. The highest BCUT2D eigenvalue weighted by atomic mass is 16.6. The van der Waals surface area contributed by atoms with Gasteiger partial charge in [0.2, 0.25) is 0 Å². The Labute approximate surface area is 203 Å². The van der Waals surface area contributed by atoms with Gasteiger partial charge in [-0.15, -0.1) is 0 Å². The summed E-state index contributed by atoms with van der Waals surface area (Å²) < 4.78 is 7.60. The minimum atomic E-state index is -0.412. The van der Waals surface area contributed by atoms with Crippen LogP contribution in [0.1, 0.15) is 38.4 Å². The van der Waals surface area contributed by atoms with E-state index in [1.165, 1.54) is 0 Å². The Morgan fingerprint density at radius 2 is 1.71 bits per heavy atom. The van der Waals surface area contributed by atoms with Crippen LogP contribution in [0.3, 0.4) is 0 Å². The SMILES string of the molecule is Cc1ccc(NC(=O)c2ccc(Cn3nc(C)c([N+](=O)[O-])c3C)cc2)c(OCc2ccccc2)c1. The zero-order chi connectivity index (χ0) is 24.9. The smallest absolute Gasteiger partial charge is 0.312 e. The van der Waals surface area contributed by atoms with Crippen LogP contribution < -0.4 is 10.1 Å². The highest BCUT2D eigenvalue weighted by Crippen LogP contribution is 2.27. The van der Waals surface area contributed by atoms with Crippen molar-refractivity contribution >= 4 is 17.3 Å². The molecule has 4 rings (SSSR count). The summed E-state index contributed by atoms with van der Waals surface area (Å²) in [6.45, 7) is 6.04. The second-order valence-electron chi connectivity index (χ2n) is 8.36. The van der Waals surface area contributed by atoms with Gasteiger partial charge in [-0.1, -0.05) is 48.5 Å². The second kappa shape index (κ2) is 10.2. The first-order valence-electron chi connectivity index (χ1n) is 11.2. The lowest BCUT2D eigenvalue weighted by atomic mass is 10.1. The van der Waals surface area contributed by atoms with E-state index in [9.17, 15) is 14.9 Å². The zero-order valence-corrected chi connectivity index (χ0v) is 19.8. The van der Waals surface area contributed by atoms with Crippen molar-refractivity contribution in [2.45, 2.75) is 33.9 Å². The van der Waals surface area contributed by atoms with Crippen LogP contribution in [0, 0.1) is 30.9 Å². The number of carbonyl (C=O) groups is 1. The van der Waals surface area contributed by atoms with Crippen LogP contribution >= 0.6 is 0 Å². The van der Waals surface area contributed by atoms with Gasteiger partial charge in [0.05, 0.1) is 17.2 Å². The Morgan fingerprint density at radius 3 is 2.37 bits per heavy atom. The summed E-state index contributed by atoms with van der Waals surface area (Å²) in [5, 5.41) is 18.4. The molecule has 3 aromatic carbocycles. The third-order valence-corrected chi connectivity index (χ3v) is 5.70. The first kappa shape index (κ1) is 23.7. The summed E-state index contributed by atoms with van der Waals surface area (Å²) in [5.41, 5.74) is 4.94. The van der Waals surface area contributed by atoms with Gasteiger partial charge in [0.1, 0.15) is 23.7 Å². The van der Waals surface area contributed by atoms with E-state index in [1.807, 2.05) is 67.6 Å². The third kappa shape index (κ3) is 5.55. The van der Waals surface area contributed by atoms with Crippen LogP contribution in [0.15, 0.2) is 72.8 Å². The summed E-state index contributed by atoms with van der Waals surface area (Å²) in [6.07, 6.45) is 0. The normalized spacial score (nSPS) is 10.7. The topological polar surface area (TPSA) is 99.3 Å². The van der Waals surface area contributed by atoms with Gasteiger partial charge in [-0.05, 0) is 61.7 Å². The summed E-state index contributed by atoms with van der Waals surface area (Å²) >= 11 is 0. The molecular formula is C27H26N4O4. The summed E-state index contributed by atoms with van der Waals surface area (Å²) in [4.78, 5) is 23.7. The van der Waals surface area contributed by atoms with Crippen molar-refractivity contribution < 1.29 is 14.5 Å². The zero-order valence-electron chi connectivity index (χ0n) is 19.8. The van der Waals surface area contributed by atoms with Gasteiger partial charge >= 0.3 is 5.69 Å². The lowest BCUT2D eigenvalue weighted by Crippen LogP contribution is -2.13. The predicted molar refractivity (Wildman–Crippen MR) is 134 cm³/mol. The Bertz CT molecular complexity index is 1360. The number of aromatic nitrogens is 2. The number of ether oxygens (including phenoxy) is 1. The van der Waals surface area contributed by atoms with E-state index < -0.39 is 4.92 Å². The number of nitrogens with zero attached hydrogens (tertiary/aromatic N) is 3. The molecule has 0 unspecified atom stereocenters. The first-order valence-corrected chi connectivity index (χ1v) is 11.2. The number of hydrogen-bond acceptors (Lipinski definition) is 5. The van der Waals surface area contributed by atoms with Crippen LogP contribution in [0.2, 0.25) is 0 Å². The fraction of sp³-hybridized carbons (Fsp3) is 0.185. The summed E-state index contributed by atoms with van der Waals surface area (Å²) in [5.74, 6) is 0.344. The van der Waals surface area contributed by atoms with E-state index in [4.69, 9.17) is 4.74 Å². The molecule has 0 aliphatic carbocycles. The van der Waals surface area contributed by atoms with Crippen molar-refractivity contribution in [2.24, 2.45) is 0 Å². The number of rotatable bonds is 8. The average Bonchev–Trinajstić information content (AvgIpc) is 3.12. The number of aryl methyl sites for hydroxylation is 2. The monoisotopic (exact) mass is 470 g/mol. The maximum atomic E-state index is 12.9. The highest BCUT2D eigenvalue weighted by Gasteiger charge is 2.21. The van der Waals surface area contributed by atoms with Gasteiger partial charge < -0.3 is 10.1 Å². The van der Waals surface area contributed by atoms with Gasteiger partial charge in [0.15, 0.2) is 0 Å². The fourth-order valence-electron chi connectivity index (χ4n) is 3.82. The van der Waals surface area contributed by atoms with E-state index in [-0.39, 0.29) is 11.6 Å². The number of nitrogens with one attached hydrogen (secondary N) is 1. The number of nitro groups is 1. The first-order chi connectivity index (χ1) is 16.8. The predicted octanol–water partition coefficient (Wildman–Crippen LogP) is 5.60. The van der Waals surface area contributed by atoms with Gasteiger partial charge in [-0.3, -0.25) is 19.6 Å². The van der Waals surface area contributed by atoms with Crippen molar-refractivity contribution in [1.29, 1.82) is 0 Å². The van der Waals surface area contributed by atoms with Crippen LogP contribution in [0.5, 0.6) is 5.75 Å². The minimum absolute atomic E-state index is 0.0318. The Balaban J connectivity index is 1.45. The molecule has 0 bridgehead atoms. The molecule has 0 aliphatic heterocycles. The molecule has 1 amide bonds. The Kier molecular flexibility index (Phi) is 6.91. The summed E-state index contributed by atoms with van der Waals surface area (Å²) in [6, 6.07) is 22.6. The molecule has 8 nitrogen and oxygen atoms in total. The average molecular weight is 471 g/mol.